The molecule has 2 aromatic carbocycles. The second-order valence-electron chi connectivity index (χ2n) is 4.35. The maximum Gasteiger partial charge on any atom is 0.173 e. The first-order chi connectivity index (χ1) is 10.3. The number of carbonyl (C=O) groups excluding carboxylic acids is 1. The van der Waals surface area contributed by atoms with Crippen molar-refractivity contribution in [2.45, 2.75) is 4.34 Å². The highest BCUT2D eigenvalue weighted by molar-refractivity contribution is 8.01. The van der Waals surface area contributed by atoms with Crippen LogP contribution in [0.3, 0.4) is 0 Å². The summed E-state index contributed by atoms with van der Waals surface area (Å²) in [6.45, 7) is 0. The summed E-state index contributed by atoms with van der Waals surface area (Å²) in [6.07, 6.45) is 0. The summed E-state index contributed by atoms with van der Waals surface area (Å²) in [5.74, 6) is 0.398. The van der Waals surface area contributed by atoms with Crippen LogP contribution in [0.1, 0.15) is 15.9 Å². The van der Waals surface area contributed by atoms with Gasteiger partial charge in [-0.25, -0.2) is 4.98 Å². The molecule has 0 saturated heterocycles. The van der Waals surface area contributed by atoms with E-state index in [1.165, 1.54) is 11.8 Å². The first-order valence-electron chi connectivity index (χ1n) is 6.28. The van der Waals surface area contributed by atoms with Gasteiger partial charge in [-0.05, 0) is 24.3 Å². The molecule has 102 valence electrons. The van der Waals surface area contributed by atoms with Crippen LogP contribution in [0.2, 0.25) is 0 Å². The molecule has 0 fully saturated rings. The lowest BCUT2D eigenvalue weighted by Gasteiger charge is -1.99. The topological polar surface area (TPSA) is 53.8 Å². The molecule has 0 aliphatic carbocycles. The number of Topliss-reactive ketones (excluding diaryl/α,β-unsaturated/α-hetero) is 1. The van der Waals surface area contributed by atoms with Crippen LogP contribution in [0.25, 0.3) is 10.2 Å². The van der Waals surface area contributed by atoms with Crippen molar-refractivity contribution in [2.24, 2.45) is 0 Å². The average Bonchev–Trinajstić information content (AvgIpc) is 2.95. The van der Waals surface area contributed by atoms with Crippen molar-refractivity contribution in [1.29, 1.82) is 5.26 Å². The maximum atomic E-state index is 12.1. The number of aromatic nitrogens is 1. The standard InChI is InChI=1S/C16H10N2OS2/c17-9-11-5-7-12(8-6-11)14(19)10-20-16-18-13-3-1-2-4-15(13)21-16/h1-8H,10H2. The molecule has 21 heavy (non-hydrogen) atoms. The fourth-order valence-corrected chi connectivity index (χ4v) is 3.82. The van der Waals surface area contributed by atoms with E-state index in [9.17, 15) is 4.79 Å². The fraction of sp³-hybridized carbons (Fsp3) is 0.0625. The van der Waals surface area contributed by atoms with Crippen LogP contribution in [0.4, 0.5) is 0 Å². The van der Waals surface area contributed by atoms with Crippen molar-refractivity contribution in [3.63, 3.8) is 0 Å². The summed E-state index contributed by atoms with van der Waals surface area (Å²) in [6, 6.07) is 16.7. The molecule has 1 heterocycles. The summed E-state index contributed by atoms with van der Waals surface area (Å²) >= 11 is 3.05. The van der Waals surface area contributed by atoms with Gasteiger partial charge in [-0.2, -0.15) is 5.26 Å². The van der Waals surface area contributed by atoms with Crippen LogP contribution >= 0.6 is 23.1 Å². The van der Waals surface area contributed by atoms with Crippen LogP contribution in [-0.4, -0.2) is 16.5 Å². The number of thioether (sulfide) groups is 1. The molecule has 0 N–H and O–H groups in total. The molecule has 0 radical (unpaired) electrons. The van der Waals surface area contributed by atoms with Gasteiger partial charge in [-0.15, -0.1) is 11.3 Å². The van der Waals surface area contributed by atoms with Gasteiger partial charge in [0, 0.05) is 5.56 Å². The number of nitrogens with zero attached hydrogens (tertiary/aromatic N) is 2. The number of fused-ring (bicyclic) bond motifs is 1. The van der Waals surface area contributed by atoms with E-state index < -0.39 is 0 Å². The summed E-state index contributed by atoms with van der Waals surface area (Å²) in [4.78, 5) is 16.6. The van der Waals surface area contributed by atoms with Crippen LogP contribution < -0.4 is 0 Å². The number of para-hydroxylation sites is 1. The molecule has 3 nitrogen and oxygen atoms in total. The van der Waals surface area contributed by atoms with E-state index in [-0.39, 0.29) is 5.78 Å². The number of benzene rings is 2. The molecule has 0 unspecified atom stereocenters. The Balaban J connectivity index is 1.68. The van der Waals surface area contributed by atoms with Crippen LogP contribution in [0.5, 0.6) is 0 Å². The van der Waals surface area contributed by atoms with E-state index in [1.54, 1.807) is 35.6 Å². The molecule has 0 amide bonds. The Kier molecular flexibility index (Phi) is 4.00. The van der Waals surface area contributed by atoms with Gasteiger partial charge in [-0.3, -0.25) is 4.79 Å². The van der Waals surface area contributed by atoms with Crippen molar-refractivity contribution < 1.29 is 4.79 Å². The largest absolute Gasteiger partial charge is 0.293 e. The Morgan fingerprint density at radius 3 is 2.67 bits per heavy atom. The molecule has 0 bridgehead atoms. The first kappa shape index (κ1) is 13.8. The van der Waals surface area contributed by atoms with Gasteiger partial charge in [0.15, 0.2) is 10.1 Å². The van der Waals surface area contributed by atoms with Crippen molar-refractivity contribution in [3.05, 3.63) is 59.7 Å². The van der Waals surface area contributed by atoms with Crippen molar-refractivity contribution in [2.75, 3.05) is 5.75 Å². The second kappa shape index (κ2) is 6.08. The Morgan fingerprint density at radius 2 is 1.95 bits per heavy atom. The lowest BCUT2D eigenvalue weighted by Crippen LogP contribution is -2.01. The van der Waals surface area contributed by atoms with Gasteiger partial charge in [0.1, 0.15) is 0 Å². The molecule has 3 aromatic rings. The highest BCUT2D eigenvalue weighted by Gasteiger charge is 2.09. The van der Waals surface area contributed by atoms with Gasteiger partial charge in [0.25, 0.3) is 0 Å². The number of nitriles is 1. The third kappa shape index (κ3) is 3.13. The zero-order chi connectivity index (χ0) is 14.7. The number of hydrogen-bond donors (Lipinski definition) is 0. The first-order valence-corrected chi connectivity index (χ1v) is 8.08. The molecule has 1 aromatic heterocycles. The SMILES string of the molecule is N#Cc1ccc(C(=O)CSc2nc3ccccc3s2)cc1. The van der Waals surface area contributed by atoms with Crippen LogP contribution in [0.15, 0.2) is 52.9 Å². The van der Waals surface area contributed by atoms with Gasteiger partial charge >= 0.3 is 0 Å². The molecule has 0 atom stereocenters. The van der Waals surface area contributed by atoms with Crippen molar-refractivity contribution >= 4 is 39.1 Å². The highest BCUT2D eigenvalue weighted by atomic mass is 32.2. The van der Waals surface area contributed by atoms with E-state index in [0.29, 0.717) is 16.9 Å². The van der Waals surface area contributed by atoms with E-state index in [4.69, 9.17) is 5.26 Å². The molecule has 3 rings (SSSR count). The number of rotatable bonds is 4. The number of hydrogen-bond acceptors (Lipinski definition) is 5. The van der Waals surface area contributed by atoms with Gasteiger partial charge < -0.3 is 0 Å². The zero-order valence-corrected chi connectivity index (χ0v) is 12.6. The van der Waals surface area contributed by atoms with Crippen molar-refractivity contribution in [1.82, 2.24) is 4.98 Å². The number of ketones is 1. The van der Waals surface area contributed by atoms with E-state index in [0.717, 1.165) is 14.6 Å². The van der Waals surface area contributed by atoms with Gasteiger partial charge in [0.2, 0.25) is 0 Å². The Bertz CT molecular complexity index is 798. The highest BCUT2D eigenvalue weighted by Crippen LogP contribution is 2.29. The van der Waals surface area contributed by atoms with E-state index >= 15 is 0 Å². The smallest absolute Gasteiger partial charge is 0.173 e. The minimum Gasteiger partial charge on any atom is -0.293 e. The van der Waals surface area contributed by atoms with Crippen LogP contribution in [0, 0.1) is 11.3 Å². The summed E-state index contributed by atoms with van der Waals surface area (Å²) in [5, 5.41) is 8.74. The lowest BCUT2D eigenvalue weighted by molar-refractivity contribution is 0.102. The molecular weight excluding hydrogens is 300 g/mol. The average molecular weight is 310 g/mol. The maximum absolute atomic E-state index is 12.1. The molecule has 5 heteroatoms. The number of carbonyl (C=O) groups is 1. The van der Waals surface area contributed by atoms with Crippen LogP contribution in [-0.2, 0) is 0 Å². The molecule has 0 saturated carbocycles. The fourth-order valence-electron chi connectivity index (χ4n) is 1.85. The third-order valence-corrected chi connectivity index (χ3v) is 5.12. The third-order valence-electron chi connectivity index (χ3n) is 2.94. The predicted molar refractivity (Wildman–Crippen MR) is 85.8 cm³/mol. The Morgan fingerprint density at radius 1 is 1.19 bits per heavy atom. The minimum absolute atomic E-state index is 0.0451. The van der Waals surface area contributed by atoms with E-state index in [1.807, 2.05) is 30.3 Å². The van der Waals surface area contributed by atoms with Crippen molar-refractivity contribution in [3.8, 4) is 6.07 Å². The van der Waals surface area contributed by atoms with E-state index in [2.05, 4.69) is 4.98 Å². The molecule has 0 aliphatic heterocycles. The Hall–Kier alpha value is -2.16. The summed E-state index contributed by atoms with van der Waals surface area (Å²) < 4.78 is 2.03. The number of thiazole rings is 1. The Labute approximate surface area is 130 Å². The monoisotopic (exact) mass is 310 g/mol. The minimum atomic E-state index is 0.0451. The lowest BCUT2D eigenvalue weighted by atomic mass is 10.1. The zero-order valence-electron chi connectivity index (χ0n) is 10.9. The summed E-state index contributed by atoms with van der Waals surface area (Å²) in [5.41, 5.74) is 2.16. The molecule has 0 spiro atoms. The van der Waals surface area contributed by atoms with Gasteiger partial charge in [0.05, 0.1) is 27.6 Å². The summed E-state index contributed by atoms with van der Waals surface area (Å²) in [7, 11) is 0. The molecule has 0 aliphatic rings. The predicted octanol–water partition coefficient (Wildman–Crippen LogP) is 4.14. The quantitative estimate of drug-likeness (QED) is 0.537. The second-order valence-corrected chi connectivity index (χ2v) is 6.60. The van der Waals surface area contributed by atoms with Gasteiger partial charge in [-0.1, -0.05) is 36.0 Å². The molecular formula is C16H10N2OS2. The normalized spacial score (nSPS) is 10.4.